The molecule has 0 spiro atoms. The Hall–Kier alpha value is -1.58. The van der Waals surface area contributed by atoms with Crippen molar-refractivity contribution < 1.29 is 0 Å². The molecular weight excluding hydrogens is 140 g/mol. The summed E-state index contributed by atoms with van der Waals surface area (Å²) >= 11 is 0. The topological polar surface area (TPSA) is 56.2 Å². The van der Waals surface area contributed by atoms with Gasteiger partial charge in [0.05, 0.1) is 5.69 Å². The smallest absolute Gasteiger partial charge is 0.160 e. The van der Waals surface area contributed by atoms with E-state index in [1.54, 1.807) is 6.33 Å². The first kappa shape index (κ1) is 6.15. The first-order valence-electron chi connectivity index (χ1n) is 3.34. The van der Waals surface area contributed by atoms with Crippen molar-refractivity contribution in [2.45, 2.75) is 6.92 Å². The number of nitrogens with zero attached hydrogens (tertiary/aromatic N) is 3. The first-order valence-corrected chi connectivity index (χ1v) is 3.34. The van der Waals surface area contributed by atoms with Crippen molar-refractivity contribution in [3.63, 3.8) is 0 Å². The number of aryl methyl sites for hydroxylation is 1. The van der Waals surface area contributed by atoms with Gasteiger partial charge in [-0.25, -0.2) is 0 Å². The van der Waals surface area contributed by atoms with Crippen LogP contribution in [0.3, 0.4) is 0 Å². The quantitative estimate of drug-likeness (QED) is 0.595. The maximum absolute atomic E-state index is 5.67. The molecule has 0 fully saturated rings. The summed E-state index contributed by atoms with van der Waals surface area (Å²) in [5.74, 6) is 0. The number of nitrogen functional groups attached to an aromatic ring is 1. The lowest BCUT2D eigenvalue weighted by molar-refractivity contribution is 1.07. The molecular formula is C7H8N4. The molecule has 0 atom stereocenters. The van der Waals surface area contributed by atoms with Gasteiger partial charge in [-0.3, -0.25) is 4.40 Å². The minimum absolute atomic E-state index is 0.761. The van der Waals surface area contributed by atoms with Crippen molar-refractivity contribution in [2.24, 2.45) is 0 Å². The fourth-order valence-corrected chi connectivity index (χ4v) is 1.04. The molecule has 56 valence electrons. The Morgan fingerprint density at radius 1 is 1.45 bits per heavy atom. The third-order valence-electron chi connectivity index (χ3n) is 1.77. The monoisotopic (exact) mass is 148 g/mol. The molecule has 11 heavy (non-hydrogen) atoms. The van der Waals surface area contributed by atoms with Crippen LogP contribution in [0.5, 0.6) is 0 Å². The second-order valence-corrected chi connectivity index (χ2v) is 2.43. The van der Waals surface area contributed by atoms with Crippen molar-refractivity contribution in [1.29, 1.82) is 0 Å². The Balaban J connectivity index is 2.93. The molecule has 0 radical (unpaired) electrons. The van der Waals surface area contributed by atoms with Crippen LogP contribution in [0.2, 0.25) is 0 Å². The van der Waals surface area contributed by atoms with Gasteiger partial charge in [0, 0.05) is 5.69 Å². The van der Waals surface area contributed by atoms with Crippen molar-refractivity contribution in [3.05, 3.63) is 24.2 Å². The molecule has 2 rings (SSSR count). The van der Waals surface area contributed by atoms with E-state index in [1.807, 2.05) is 23.5 Å². The van der Waals surface area contributed by atoms with Gasteiger partial charge in [0.25, 0.3) is 0 Å². The molecule has 0 unspecified atom stereocenters. The molecule has 0 aliphatic rings. The number of hydrogen-bond donors (Lipinski definition) is 1. The summed E-state index contributed by atoms with van der Waals surface area (Å²) < 4.78 is 1.86. The van der Waals surface area contributed by atoms with E-state index < -0.39 is 0 Å². The molecule has 0 aliphatic carbocycles. The number of aromatic nitrogens is 3. The van der Waals surface area contributed by atoms with Crippen LogP contribution < -0.4 is 5.73 Å². The van der Waals surface area contributed by atoms with E-state index in [2.05, 4.69) is 10.2 Å². The third kappa shape index (κ3) is 0.756. The molecule has 0 saturated heterocycles. The van der Waals surface area contributed by atoms with E-state index in [4.69, 9.17) is 5.73 Å². The van der Waals surface area contributed by atoms with Gasteiger partial charge in [0.15, 0.2) is 5.65 Å². The Morgan fingerprint density at radius 3 is 3.09 bits per heavy atom. The maximum Gasteiger partial charge on any atom is 0.160 e. The van der Waals surface area contributed by atoms with Crippen LogP contribution in [0, 0.1) is 6.92 Å². The highest BCUT2D eigenvalue weighted by Crippen LogP contribution is 2.11. The van der Waals surface area contributed by atoms with Gasteiger partial charge in [-0.1, -0.05) is 0 Å². The molecule has 2 aromatic rings. The highest BCUT2D eigenvalue weighted by molar-refractivity contribution is 5.51. The summed E-state index contributed by atoms with van der Waals surface area (Å²) in [7, 11) is 0. The van der Waals surface area contributed by atoms with Crippen molar-refractivity contribution in [1.82, 2.24) is 14.6 Å². The predicted molar refractivity (Wildman–Crippen MR) is 42.1 cm³/mol. The number of anilines is 1. The van der Waals surface area contributed by atoms with Crippen LogP contribution in [0.4, 0.5) is 5.69 Å². The lowest BCUT2D eigenvalue weighted by Gasteiger charge is -2.00. The number of rotatable bonds is 0. The van der Waals surface area contributed by atoms with Gasteiger partial charge in [0.2, 0.25) is 0 Å². The predicted octanol–water partition coefficient (Wildman–Crippen LogP) is 0.620. The number of hydrogen-bond acceptors (Lipinski definition) is 3. The number of pyridine rings is 1. The highest BCUT2D eigenvalue weighted by Gasteiger charge is 1.99. The summed E-state index contributed by atoms with van der Waals surface area (Å²) in [6.07, 6.45) is 1.65. The van der Waals surface area contributed by atoms with E-state index >= 15 is 0 Å². The maximum atomic E-state index is 5.67. The Kier molecular flexibility index (Phi) is 1.09. The molecule has 0 amide bonds. The first-order chi connectivity index (χ1) is 5.29. The normalized spacial score (nSPS) is 10.6. The van der Waals surface area contributed by atoms with Gasteiger partial charge < -0.3 is 5.73 Å². The number of nitrogens with two attached hydrogens (primary N) is 1. The van der Waals surface area contributed by atoms with E-state index in [0.717, 1.165) is 17.0 Å². The minimum Gasteiger partial charge on any atom is -0.397 e. The second-order valence-electron chi connectivity index (χ2n) is 2.43. The number of fused-ring (bicyclic) bond motifs is 1. The summed E-state index contributed by atoms with van der Waals surface area (Å²) in [4.78, 5) is 0. The minimum atomic E-state index is 0.761. The molecule has 2 aromatic heterocycles. The summed E-state index contributed by atoms with van der Waals surface area (Å²) in [5, 5.41) is 7.64. The summed E-state index contributed by atoms with van der Waals surface area (Å²) in [5.41, 5.74) is 8.24. The molecule has 0 aromatic carbocycles. The van der Waals surface area contributed by atoms with Crippen LogP contribution in [-0.2, 0) is 0 Å². The Bertz CT molecular complexity index is 390. The van der Waals surface area contributed by atoms with Crippen LogP contribution in [0.25, 0.3) is 5.65 Å². The second kappa shape index (κ2) is 1.95. The van der Waals surface area contributed by atoms with Crippen molar-refractivity contribution in [3.8, 4) is 0 Å². The largest absolute Gasteiger partial charge is 0.397 e. The standard InChI is InChI=1S/C7H8N4/c1-5-6(8)2-3-7-10-9-4-11(5)7/h2-4H,8H2,1H3. The zero-order chi connectivity index (χ0) is 7.84. The average molecular weight is 148 g/mol. The SMILES string of the molecule is Cc1c(N)ccc2nncn12. The molecule has 2 N–H and O–H groups in total. The van der Waals surface area contributed by atoms with Gasteiger partial charge in [-0.05, 0) is 19.1 Å². The Morgan fingerprint density at radius 2 is 2.27 bits per heavy atom. The van der Waals surface area contributed by atoms with Crippen LogP contribution in [0.1, 0.15) is 5.69 Å². The van der Waals surface area contributed by atoms with Crippen LogP contribution in [0.15, 0.2) is 18.5 Å². The molecule has 0 bridgehead atoms. The Labute approximate surface area is 63.7 Å². The van der Waals surface area contributed by atoms with E-state index in [1.165, 1.54) is 0 Å². The summed E-state index contributed by atoms with van der Waals surface area (Å²) in [6, 6.07) is 3.68. The van der Waals surface area contributed by atoms with Crippen molar-refractivity contribution in [2.75, 3.05) is 5.73 Å². The fourth-order valence-electron chi connectivity index (χ4n) is 1.04. The lowest BCUT2D eigenvalue weighted by Crippen LogP contribution is -1.96. The fraction of sp³-hybridized carbons (Fsp3) is 0.143. The molecule has 4 nitrogen and oxygen atoms in total. The summed E-state index contributed by atoms with van der Waals surface area (Å²) in [6.45, 7) is 1.94. The molecule has 4 heteroatoms. The van der Waals surface area contributed by atoms with Gasteiger partial charge in [-0.15, -0.1) is 10.2 Å². The van der Waals surface area contributed by atoms with Crippen LogP contribution in [-0.4, -0.2) is 14.6 Å². The van der Waals surface area contributed by atoms with Gasteiger partial charge in [0.1, 0.15) is 6.33 Å². The molecule has 0 aliphatic heterocycles. The lowest BCUT2D eigenvalue weighted by atomic mass is 10.3. The van der Waals surface area contributed by atoms with Crippen LogP contribution >= 0.6 is 0 Å². The molecule has 0 saturated carbocycles. The van der Waals surface area contributed by atoms with E-state index in [-0.39, 0.29) is 0 Å². The average Bonchev–Trinajstić information content (AvgIpc) is 2.45. The highest BCUT2D eigenvalue weighted by atomic mass is 15.2. The van der Waals surface area contributed by atoms with E-state index in [0.29, 0.717) is 0 Å². The van der Waals surface area contributed by atoms with Gasteiger partial charge in [-0.2, -0.15) is 0 Å². The van der Waals surface area contributed by atoms with Crippen molar-refractivity contribution >= 4 is 11.3 Å². The zero-order valence-corrected chi connectivity index (χ0v) is 6.15. The molecule has 2 heterocycles. The zero-order valence-electron chi connectivity index (χ0n) is 6.15. The third-order valence-corrected chi connectivity index (χ3v) is 1.77. The van der Waals surface area contributed by atoms with E-state index in [9.17, 15) is 0 Å². The van der Waals surface area contributed by atoms with Gasteiger partial charge >= 0.3 is 0 Å².